The predicted molar refractivity (Wildman–Crippen MR) is 140 cm³/mol. The maximum atomic E-state index is 13.8. The summed E-state index contributed by atoms with van der Waals surface area (Å²) in [5.41, 5.74) is -0.0640. The van der Waals surface area contributed by atoms with Crippen LogP contribution in [0.15, 0.2) is 11.1 Å². The molecule has 0 aromatic rings. The molecule has 1 saturated heterocycles. The highest BCUT2D eigenvalue weighted by atomic mass is 16.6. The minimum atomic E-state index is -0.858. The van der Waals surface area contributed by atoms with Gasteiger partial charge in [0.25, 0.3) is 0 Å². The van der Waals surface area contributed by atoms with Crippen molar-refractivity contribution in [2.45, 2.75) is 110 Å². The highest BCUT2D eigenvalue weighted by Crippen LogP contribution is 2.74. The molecule has 0 radical (unpaired) electrons. The van der Waals surface area contributed by atoms with E-state index < -0.39 is 23.2 Å². The van der Waals surface area contributed by atoms with E-state index in [0.717, 1.165) is 44.1 Å². The van der Waals surface area contributed by atoms with Crippen molar-refractivity contribution in [3.63, 3.8) is 0 Å². The lowest BCUT2D eigenvalue weighted by atomic mass is 9.43. The molecule has 1 spiro atoms. The Morgan fingerprint density at radius 3 is 2.56 bits per heavy atom. The van der Waals surface area contributed by atoms with Crippen LogP contribution < -0.4 is 0 Å². The molecule has 0 unspecified atom stereocenters. The number of cyclic esters (lactones) is 1. The van der Waals surface area contributed by atoms with E-state index >= 15 is 0 Å². The Morgan fingerprint density at radius 2 is 1.90 bits per heavy atom. The summed E-state index contributed by atoms with van der Waals surface area (Å²) in [6.45, 7) is 9.90. The molecule has 39 heavy (non-hydrogen) atoms. The average Bonchev–Trinajstić information content (AvgIpc) is 3.52. The maximum Gasteiger partial charge on any atom is 0.333 e. The number of ether oxygens (including phenoxy) is 4. The smallest absolute Gasteiger partial charge is 0.333 e. The van der Waals surface area contributed by atoms with Gasteiger partial charge in [0.1, 0.15) is 23.6 Å². The second-order valence-electron chi connectivity index (χ2n) is 13.7. The first kappa shape index (κ1) is 27.4. The van der Waals surface area contributed by atoms with Gasteiger partial charge in [-0.05, 0) is 82.5 Å². The van der Waals surface area contributed by atoms with E-state index in [0.29, 0.717) is 12.2 Å². The van der Waals surface area contributed by atoms with Crippen molar-refractivity contribution in [3.8, 4) is 0 Å². The zero-order valence-electron chi connectivity index (χ0n) is 24.2. The van der Waals surface area contributed by atoms with Gasteiger partial charge in [-0.2, -0.15) is 0 Å². The molecule has 4 aliphatic carbocycles. The van der Waals surface area contributed by atoms with Crippen molar-refractivity contribution in [1.29, 1.82) is 0 Å². The minimum Gasteiger partial charge on any atom is -0.465 e. The van der Waals surface area contributed by atoms with E-state index in [9.17, 15) is 19.5 Å². The first-order valence-corrected chi connectivity index (χ1v) is 14.8. The summed E-state index contributed by atoms with van der Waals surface area (Å²) >= 11 is 0. The van der Waals surface area contributed by atoms with Crippen LogP contribution in [-0.4, -0.2) is 66.6 Å². The Bertz CT molecular complexity index is 1110. The van der Waals surface area contributed by atoms with Crippen LogP contribution in [0.1, 0.15) is 79.6 Å². The molecule has 8 heteroatoms. The number of ketones is 1. The third kappa shape index (κ3) is 3.56. The molecule has 5 fully saturated rings. The van der Waals surface area contributed by atoms with Gasteiger partial charge < -0.3 is 24.1 Å². The van der Waals surface area contributed by atoms with Crippen molar-refractivity contribution in [3.05, 3.63) is 11.1 Å². The van der Waals surface area contributed by atoms with Crippen LogP contribution in [0.4, 0.5) is 0 Å². The third-order valence-corrected chi connectivity index (χ3v) is 12.6. The number of fused-ring (bicyclic) bond motifs is 4. The zero-order valence-corrected chi connectivity index (χ0v) is 24.2. The number of methoxy groups -OCH3 is 1. The maximum absolute atomic E-state index is 13.8. The average molecular weight is 545 g/mol. The molecular weight excluding hydrogens is 500 g/mol. The number of Topliss-reactive ketones (excluding diaryl/α,β-unsaturated/α-hetero) is 1. The molecule has 0 aromatic heterocycles. The first-order valence-electron chi connectivity index (χ1n) is 14.8. The molecule has 0 bridgehead atoms. The number of carbonyl (C=O) groups is 3. The Balaban J connectivity index is 1.33. The van der Waals surface area contributed by atoms with E-state index in [4.69, 9.17) is 18.9 Å². The van der Waals surface area contributed by atoms with Gasteiger partial charge in [0, 0.05) is 37.9 Å². The van der Waals surface area contributed by atoms with Crippen LogP contribution in [0.25, 0.3) is 0 Å². The van der Waals surface area contributed by atoms with E-state index in [1.54, 1.807) is 7.11 Å². The molecule has 0 aromatic carbocycles. The lowest BCUT2D eigenvalue weighted by molar-refractivity contribution is -0.188. The van der Waals surface area contributed by atoms with Crippen LogP contribution in [-0.2, 0) is 33.3 Å². The van der Waals surface area contributed by atoms with Gasteiger partial charge in [-0.1, -0.05) is 12.5 Å². The molecule has 0 amide bonds. The molecule has 1 N–H and O–H groups in total. The highest BCUT2D eigenvalue weighted by Gasteiger charge is 2.82. The van der Waals surface area contributed by atoms with Gasteiger partial charge in [0.2, 0.25) is 0 Å². The van der Waals surface area contributed by atoms with Gasteiger partial charge in [-0.25, -0.2) is 4.79 Å². The Hall–Kier alpha value is -1.77. The number of rotatable bonds is 5. The van der Waals surface area contributed by atoms with E-state index in [-0.39, 0.29) is 71.4 Å². The van der Waals surface area contributed by atoms with Gasteiger partial charge in [-0.3, -0.25) is 9.59 Å². The topological polar surface area (TPSA) is 112 Å². The van der Waals surface area contributed by atoms with Crippen molar-refractivity contribution >= 4 is 17.7 Å². The van der Waals surface area contributed by atoms with Crippen molar-refractivity contribution in [2.24, 2.45) is 40.4 Å². The van der Waals surface area contributed by atoms with Gasteiger partial charge in [0.15, 0.2) is 0 Å². The fourth-order valence-electron chi connectivity index (χ4n) is 10.3. The Kier molecular flexibility index (Phi) is 6.41. The second-order valence-corrected chi connectivity index (χ2v) is 13.7. The molecule has 216 valence electrons. The fraction of sp³-hybridized carbons (Fsp3) is 0.839. The van der Waals surface area contributed by atoms with Crippen molar-refractivity contribution in [2.75, 3.05) is 13.7 Å². The number of esters is 2. The van der Waals surface area contributed by atoms with E-state index in [1.807, 2.05) is 20.8 Å². The number of aliphatic hydroxyl groups excluding tert-OH is 1. The molecule has 6 rings (SSSR count). The fourth-order valence-corrected chi connectivity index (χ4v) is 10.3. The zero-order chi connectivity index (χ0) is 28.1. The van der Waals surface area contributed by atoms with Crippen LogP contribution >= 0.6 is 0 Å². The van der Waals surface area contributed by atoms with E-state index in [1.165, 1.54) is 6.92 Å². The van der Waals surface area contributed by atoms with E-state index in [2.05, 4.69) is 6.92 Å². The Morgan fingerprint density at radius 1 is 1.15 bits per heavy atom. The Labute approximate surface area is 231 Å². The molecule has 2 aliphatic heterocycles. The van der Waals surface area contributed by atoms with Crippen LogP contribution in [0, 0.1) is 40.4 Å². The number of hydrogen-bond acceptors (Lipinski definition) is 8. The number of epoxide rings is 1. The SMILES string of the molecule is CO[C@@H]1CC(=O)[C@]2(C)[C@H]3CC[C@]4(COC(C)=O)[C@@H]([C@H](C)[C@H]5CC(C)=C(C)C(=O)O5)CC[C@H]4[C@@H]3C[C@H]3O[C@]32[C@H]1O. The highest BCUT2D eigenvalue weighted by molar-refractivity contribution is 5.90. The first-order chi connectivity index (χ1) is 18.4. The number of carbonyl (C=O) groups excluding carboxylic acids is 3. The molecule has 8 nitrogen and oxygen atoms in total. The number of aliphatic hydroxyl groups is 1. The molecule has 12 atom stereocenters. The summed E-state index contributed by atoms with van der Waals surface area (Å²) in [4.78, 5) is 38.5. The molecule has 2 heterocycles. The molecule has 6 aliphatic rings. The minimum absolute atomic E-state index is 0.0982. The predicted octanol–water partition coefficient (Wildman–Crippen LogP) is 3.77. The lowest BCUT2D eigenvalue weighted by Crippen LogP contribution is -2.68. The molecular formula is C31H44O8. The largest absolute Gasteiger partial charge is 0.465 e. The number of hydrogen-bond donors (Lipinski definition) is 1. The van der Waals surface area contributed by atoms with Crippen molar-refractivity contribution in [1.82, 2.24) is 0 Å². The summed E-state index contributed by atoms with van der Waals surface area (Å²) in [6, 6.07) is 0. The summed E-state index contributed by atoms with van der Waals surface area (Å²) in [5.74, 6) is 0.588. The summed E-state index contributed by atoms with van der Waals surface area (Å²) in [7, 11) is 1.55. The standard InChI is InChI=1S/C31H44O8/c1-15-11-23(38-28(35)16(15)2)17(3)20-7-8-22-19-12-26-31(39-26)27(34)24(36-6)13-25(33)29(31,5)21(19)9-10-30(20,22)14-37-18(4)32/h17,19-24,26-27,34H,7-14H2,1-6H3/t17-,19+,20+,21-,22-,23+,24+,26+,27-,29-,30-,31-/m0/s1. The quantitative estimate of drug-likeness (QED) is 0.411. The monoisotopic (exact) mass is 544 g/mol. The van der Waals surface area contributed by atoms with Gasteiger partial charge in [-0.15, -0.1) is 0 Å². The lowest BCUT2D eigenvalue weighted by Gasteiger charge is -2.60. The summed E-state index contributed by atoms with van der Waals surface area (Å²) < 4.78 is 23.6. The normalized spacial score (nSPS) is 49.3. The summed E-state index contributed by atoms with van der Waals surface area (Å²) in [6.07, 6.45) is 3.64. The second kappa shape index (κ2) is 9.12. The van der Waals surface area contributed by atoms with Crippen LogP contribution in [0.2, 0.25) is 0 Å². The molecule has 4 saturated carbocycles. The van der Waals surface area contributed by atoms with Gasteiger partial charge >= 0.3 is 11.9 Å². The van der Waals surface area contributed by atoms with Crippen LogP contribution in [0.5, 0.6) is 0 Å². The van der Waals surface area contributed by atoms with Crippen molar-refractivity contribution < 1.29 is 38.4 Å². The van der Waals surface area contributed by atoms with Gasteiger partial charge in [0.05, 0.1) is 24.2 Å². The third-order valence-electron chi connectivity index (χ3n) is 12.6. The summed E-state index contributed by atoms with van der Waals surface area (Å²) in [5, 5.41) is 11.3. The van der Waals surface area contributed by atoms with Crippen LogP contribution in [0.3, 0.4) is 0 Å².